The molecule has 3 heteroatoms. The molecule has 0 fully saturated rings. The maximum absolute atomic E-state index is 12.3. The Morgan fingerprint density at radius 1 is 1.15 bits per heavy atom. The first-order valence-electron chi connectivity index (χ1n) is 7.30. The molecule has 110 valence electrons. The molecule has 0 unspecified atom stereocenters. The molecule has 0 bridgehead atoms. The van der Waals surface area contributed by atoms with E-state index in [0.29, 0.717) is 22.9 Å². The number of rotatable bonds is 6. The fraction of sp³-hybridized carbons (Fsp3) is 0.412. The Hall–Kier alpha value is -1.35. The molecule has 0 amide bonds. The molecule has 0 heterocycles. The van der Waals surface area contributed by atoms with E-state index in [0.717, 1.165) is 12.0 Å². The van der Waals surface area contributed by atoms with Gasteiger partial charge in [0, 0.05) is 0 Å². The minimum Gasteiger partial charge on any atom is -0.223 e. The molecule has 2 nitrogen and oxygen atoms in total. The van der Waals surface area contributed by atoms with Gasteiger partial charge in [-0.25, -0.2) is 8.42 Å². The predicted octanol–water partition coefficient (Wildman–Crippen LogP) is 4.46. The summed E-state index contributed by atoms with van der Waals surface area (Å²) in [4.78, 5) is 0.324. The smallest absolute Gasteiger partial charge is 0.182 e. The van der Waals surface area contributed by atoms with Crippen LogP contribution in [0.3, 0.4) is 0 Å². The van der Waals surface area contributed by atoms with Crippen LogP contribution < -0.4 is 0 Å². The topological polar surface area (TPSA) is 34.1 Å². The minimum absolute atomic E-state index is 0.0796. The molecule has 0 N–H and O–H groups in total. The van der Waals surface area contributed by atoms with Gasteiger partial charge in [0.05, 0.1) is 12.0 Å². The van der Waals surface area contributed by atoms with Crippen molar-refractivity contribution in [3.8, 4) is 0 Å². The first-order chi connectivity index (χ1) is 9.72. The van der Waals surface area contributed by atoms with Crippen LogP contribution in [0.2, 0.25) is 0 Å². The Morgan fingerprint density at radius 3 is 2.30 bits per heavy atom. The van der Waals surface area contributed by atoms with E-state index in [4.69, 9.17) is 1.37 Å². The fourth-order valence-electron chi connectivity index (χ4n) is 1.81. The maximum atomic E-state index is 12.3. The molecular formula is C17H24O2S. The SMILES string of the molecule is [2H]/C(CCC=C(C)C)=C(/C)CS(=O)(=O)c1ccc(C)cc1. The van der Waals surface area contributed by atoms with E-state index in [9.17, 15) is 8.42 Å². The van der Waals surface area contributed by atoms with Gasteiger partial charge in [0.1, 0.15) is 0 Å². The van der Waals surface area contributed by atoms with Gasteiger partial charge in [-0.05, 0) is 52.7 Å². The third-order valence-electron chi connectivity index (χ3n) is 2.91. The highest BCUT2D eigenvalue weighted by Crippen LogP contribution is 2.15. The monoisotopic (exact) mass is 293 g/mol. The van der Waals surface area contributed by atoms with Crippen molar-refractivity contribution in [3.05, 3.63) is 53.1 Å². The number of sulfone groups is 1. The van der Waals surface area contributed by atoms with Gasteiger partial charge in [-0.2, -0.15) is 0 Å². The van der Waals surface area contributed by atoms with Crippen molar-refractivity contribution in [2.24, 2.45) is 0 Å². The van der Waals surface area contributed by atoms with Gasteiger partial charge in [-0.3, -0.25) is 0 Å². The summed E-state index contributed by atoms with van der Waals surface area (Å²) >= 11 is 0. The van der Waals surface area contributed by atoms with Gasteiger partial charge in [0.2, 0.25) is 0 Å². The molecule has 0 aliphatic rings. The molecule has 0 aromatic heterocycles. The summed E-state index contributed by atoms with van der Waals surface area (Å²) in [5.41, 5.74) is 2.87. The third kappa shape index (κ3) is 5.74. The van der Waals surface area contributed by atoms with Crippen LogP contribution in [0.5, 0.6) is 0 Å². The first kappa shape index (κ1) is 15.0. The highest BCUT2D eigenvalue weighted by Gasteiger charge is 2.14. The third-order valence-corrected chi connectivity index (χ3v) is 4.71. The van der Waals surface area contributed by atoms with Crippen LogP contribution in [0.4, 0.5) is 0 Å². The van der Waals surface area contributed by atoms with Gasteiger partial charge in [-0.15, -0.1) is 0 Å². The van der Waals surface area contributed by atoms with Crippen molar-refractivity contribution in [2.45, 2.75) is 45.4 Å². The summed E-state index contributed by atoms with van der Waals surface area (Å²) in [6.45, 7) is 7.69. The first-order valence-corrected chi connectivity index (χ1v) is 8.45. The Bertz CT molecular complexity index is 634. The lowest BCUT2D eigenvalue weighted by Crippen LogP contribution is -2.07. The molecule has 1 aromatic carbocycles. The molecular weight excluding hydrogens is 268 g/mol. The highest BCUT2D eigenvalue weighted by atomic mass is 32.2. The number of benzene rings is 1. The lowest BCUT2D eigenvalue weighted by atomic mass is 10.2. The van der Waals surface area contributed by atoms with Crippen LogP contribution in [0.15, 0.2) is 52.4 Å². The average Bonchev–Trinajstić information content (AvgIpc) is 2.38. The summed E-state index contributed by atoms with van der Waals surface area (Å²) in [6, 6.07) is 7.27. The van der Waals surface area contributed by atoms with Crippen LogP contribution in [-0.2, 0) is 9.84 Å². The maximum Gasteiger partial charge on any atom is 0.182 e. The Balaban J connectivity index is 2.82. The van der Waals surface area contributed by atoms with E-state index in [1.165, 1.54) is 5.57 Å². The van der Waals surface area contributed by atoms with Crippen LogP contribution in [0, 0.1) is 6.92 Å². The second-order valence-corrected chi connectivity index (χ2v) is 7.34. The molecule has 0 spiro atoms. The summed E-state index contributed by atoms with van der Waals surface area (Å²) in [5, 5.41) is 0. The van der Waals surface area contributed by atoms with Gasteiger partial charge < -0.3 is 0 Å². The van der Waals surface area contributed by atoms with E-state index in [-0.39, 0.29) is 5.75 Å². The van der Waals surface area contributed by atoms with Crippen molar-refractivity contribution >= 4 is 9.84 Å². The largest absolute Gasteiger partial charge is 0.223 e. The zero-order valence-electron chi connectivity index (χ0n) is 13.7. The second kappa shape index (κ2) is 7.44. The average molecular weight is 293 g/mol. The molecule has 1 aromatic rings. The number of aryl methyl sites for hydroxylation is 1. The van der Waals surface area contributed by atoms with Gasteiger partial charge in [0.15, 0.2) is 9.84 Å². The van der Waals surface area contributed by atoms with Crippen molar-refractivity contribution in [3.63, 3.8) is 0 Å². The quantitative estimate of drug-likeness (QED) is 0.726. The highest BCUT2D eigenvalue weighted by molar-refractivity contribution is 7.91. The molecule has 0 aliphatic heterocycles. The Morgan fingerprint density at radius 2 is 1.75 bits per heavy atom. The molecule has 0 atom stereocenters. The number of hydrogen-bond acceptors (Lipinski definition) is 2. The van der Waals surface area contributed by atoms with Crippen molar-refractivity contribution in [2.75, 3.05) is 5.75 Å². The molecule has 0 saturated carbocycles. The van der Waals surface area contributed by atoms with Crippen LogP contribution in [-0.4, -0.2) is 14.2 Å². The van der Waals surface area contributed by atoms with Gasteiger partial charge in [-0.1, -0.05) is 41.0 Å². The Kier molecular flexibility index (Phi) is 5.60. The summed E-state index contributed by atoms with van der Waals surface area (Å²) in [7, 11) is -3.36. The van der Waals surface area contributed by atoms with E-state index in [1.807, 2.05) is 20.8 Å². The van der Waals surface area contributed by atoms with Crippen molar-refractivity contribution in [1.29, 1.82) is 0 Å². The van der Waals surface area contributed by atoms with E-state index in [1.54, 1.807) is 31.2 Å². The summed E-state index contributed by atoms with van der Waals surface area (Å²) in [5.74, 6) is -0.0796. The lowest BCUT2D eigenvalue weighted by Gasteiger charge is -2.05. The fourth-order valence-corrected chi connectivity index (χ4v) is 3.20. The van der Waals surface area contributed by atoms with E-state index < -0.39 is 9.84 Å². The molecule has 0 saturated heterocycles. The van der Waals surface area contributed by atoms with Crippen LogP contribution in [0.1, 0.15) is 40.5 Å². The van der Waals surface area contributed by atoms with Crippen molar-refractivity contribution in [1.82, 2.24) is 0 Å². The summed E-state index contributed by atoms with van der Waals surface area (Å²) < 4.78 is 32.6. The lowest BCUT2D eigenvalue weighted by molar-refractivity contribution is 0.598. The van der Waals surface area contributed by atoms with Gasteiger partial charge in [0.25, 0.3) is 0 Å². The summed E-state index contributed by atoms with van der Waals surface area (Å²) in [6.07, 6.45) is 3.43. The zero-order valence-corrected chi connectivity index (χ0v) is 13.5. The van der Waals surface area contributed by atoms with Crippen LogP contribution >= 0.6 is 0 Å². The second-order valence-electron chi connectivity index (χ2n) is 5.35. The molecule has 0 aliphatic carbocycles. The van der Waals surface area contributed by atoms with Crippen molar-refractivity contribution < 1.29 is 9.79 Å². The Labute approximate surface area is 124 Å². The zero-order chi connectivity index (χ0) is 16.0. The number of hydrogen-bond donors (Lipinski definition) is 0. The number of allylic oxidation sites excluding steroid dienone is 3. The molecule has 1 rings (SSSR count). The van der Waals surface area contributed by atoms with Gasteiger partial charge >= 0.3 is 0 Å². The van der Waals surface area contributed by atoms with Crippen LogP contribution in [0.25, 0.3) is 0 Å². The van der Waals surface area contributed by atoms with E-state index >= 15 is 0 Å². The van der Waals surface area contributed by atoms with E-state index in [2.05, 4.69) is 6.08 Å². The minimum atomic E-state index is -3.36. The predicted molar refractivity (Wildman–Crippen MR) is 85.7 cm³/mol. The molecule has 0 radical (unpaired) electrons. The molecule has 20 heavy (non-hydrogen) atoms. The standard InChI is InChI=1S/C17H24O2S/c1-14(2)7-5-6-8-16(4)13-20(18,19)17-11-9-15(3)10-12-17/h7-12H,5-6,13H2,1-4H3/b16-8+/i8D. The normalized spacial score (nSPS) is 13.5.